The van der Waals surface area contributed by atoms with Crippen LogP contribution in [0.5, 0.6) is 0 Å². The first-order chi connectivity index (χ1) is 10.2. The summed E-state index contributed by atoms with van der Waals surface area (Å²) in [6.45, 7) is 7.58. The molecule has 0 aromatic rings. The summed E-state index contributed by atoms with van der Waals surface area (Å²) in [7, 11) is -3.51. The SMILES string of the molecule is CC(C)N(C(C)N(O)C(=O)CCCC(F)(F)F)C(C)P(C)(=O)O. The van der Waals surface area contributed by atoms with Crippen LogP contribution in [0.3, 0.4) is 0 Å². The van der Waals surface area contributed by atoms with Gasteiger partial charge in [0.05, 0.1) is 5.78 Å². The molecule has 0 bridgehead atoms. The Balaban J connectivity index is 4.91. The molecular weight excluding hydrogens is 336 g/mol. The largest absolute Gasteiger partial charge is 0.389 e. The molecular formula is C13H26F3N2O4P. The third-order valence-corrected chi connectivity index (χ3v) is 5.27. The molecule has 1 amide bonds. The monoisotopic (exact) mass is 362 g/mol. The van der Waals surface area contributed by atoms with E-state index in [2.05, 4.69) is 0 Å². The molecule has 0 fully saturated rings. The topological polar surface area (TPSA) is 81.1 Å². The average molecular weight is 362 g/mol. The third-order valence-electron chi connectivity index (χ3n) is 3.61. The van der Waals surface area contributed by atoms with Crippen molar-refractivity contribution in [2.75, 3.05) is 6.66 Å². The number of carbonyl (C=O) groups excluding carboxylic acids is 1. The molecule has 0 aliphatic rings. The number of halogens is 3. The zero-order valence-corrected chi connectivity index (χ0v) is 14.9. The first-order valence-corrected chi connectivity index (χ1v) is 9.51. The van der Waals surface area contributed by atoms with Crippen molar-refractivity contribution in [1.82, 2.24) is 9.96 Å². The highest BCUT2D eigenvalue weighted by Gasteiger charge is 2.36. The van der Waals surface area contributed by atoms with Crippen LogP contribution >= 0.6 is 7.37 Å². The van der Waals surface area contributed by atoms with Crippen LogP contribution in [0.1, 0.15) is 47.0 Å². The molecule has 0 aliphatic heterocycles. The Morgan fingerprint density at radius 1 is 1.22 bits per heavy atom. The maximum absolute atomic E-state index is 12.1. The van der Waals surface area contributed by atoms with E-state index in [-0.39, 0.29) is 6.04 Å². The smallest absolute Gasteiger partial charge is 0.343 e. The van der Waals surface area contributed by atoms with E-state index in [1.807, 2.05) is 0 Å². The molecule has 10 heteroatoms. The fourth-order valence-corrected chi connectivity index (χ4v) is 3.27. The molecule has 0 saturated carbocycles. The summed E-state index contributed by atoms with van der Waals surface area (Å²) in [6, 6.07) is -0.266. The van der Waals surface area contributed by atoms with Crippen molar-refractivity contribution in [1.29, 1.82) is 0 Å². The predicted molar refractivity (Wildman–Crippen MR) is 80.2 cm³/mol. The van der Waals surface area contributed by atoms with E-state index in [4.69, 9.17) is 0 Å². The molecule has 0 aromatic carbocycles. The molecule has 0 aliphatic carbocycles. The van der Waals surface area contributed by atoms with Gasteiger partial charge in [0.2, 0.25) is 13.3 Å². The maximum atomic E-state index is 12.1. The zero-order chi connectivity index (χ0) is 18.6. The van der Waals surface area contributed by atoms with Gasteiger partial charge in [0.1, 0.15) is 6.17 Å². The number of hydrogen-bond donors (Lipinski definition) is 2. The Hall–Kier alpha value is -0.630. The van der Waals surface area contributed by atoms with Crippen LogP contribution < -0.4 is 0 Å². The van der Waals surface area contributed by atoms with E-state index in [9.17, 15) is 32.6 Å². The van der Waals surface area contributed by atoms with Crippen LogP contribution in [0, 0.1) is 0 Å². The normalized spacial score (nSPS) is 17.9. The fourth-order valence-electron chi connectivity index (χ4n) is 2.31. The highest BCUT2D eigenvalue weighted by Crippen LogP contribution is 2.44. The number of alkyl halides is 3. The van der Waals surface area contributed by atoms with Gasteiger partial charge in [-0.15, -0.1) is 0 Å². The van der Waals surface area contributed by atoms with Crippen LogP contribution in [0.4, 0.5) is 13.2 Å². The molecule has 0 aromatic heterocycles. The summed E-state index contributed by atoms with van der Waals surface area (Å²) in [4.78, 5) is 23.0. The van der Waals surface area contributed by atoms with Crippen LogP contribution in [0.2, 0.25) is 0 Å². The summed E-state index contributed by atoms with van der Waals surface area (Å²) in [6.07, 6.45) is -7.27. The lowest BCUT2D eigenvalue weighted by Crippen LogP contribution is -2.53. The van der Waals surface area contributed by atoms with E-state index in [0.717, 1.165) is 0 Å². The number of amides is 1. The molecule has 0 saturated heterocycles. The van der Waals surface area contributed by atoms with Crippen LogP contribution in [-0.4, -0.2) is 56.8 Å². The van der Waals surface area contributed by atoms with E-state index in [1.165, 1.54) is 25.4 Å². The van der Waals surface area contributed by atoms with Crippen molar-refractivity contribution >= 4 is 13.3 Å². The number of carbonyl (C=O) groups is 1. The van der Waals surface area contributed by atoms with Crippen molar-refractivity contribution in [3.05, 3.63) is 0 Å². The van der Waals surface area contributed by atoms with Crippen LogP contribution in [-0.2, 0) is 9.36 Å². The van der Waals surface area contributed by atoms with Crippen molar-refractivity contribution in [2.45, 2.75) is 71.1 Å². The molecule has 0 rings (SSSR count). The molecule has 6 nitrogen and oxygen atoms in total. The van der Waals surface area contributed by atoms with Gasteiger partial charge in [0.25, 0.3) is 0 Å². The number of rotatable bonds is 8. The van der Waals surface area contributed by atoms with Crippen molar-refractivity contribution in [3.8, 4) is 0 Å². The Morgan fingerprint density at radius 2 is 1.70 bits per heavy atom. The molecule has 0 heterocycles. The molecule has 138 valence electrons. The Kier molecular flexibility index (Phi) is 8.23. The van der Waals surface area contributed by atoms with Gasteiger partial charge in [0.15, 0.2) is 0 Å². The summed E-state index contributed by atoms with van der Waals surface area (Å²) >= 11 is 0. The minimum atomic E-state index is -4.35. The minimum Gasteiger partial charge on any atom is -0.343 e. The summed E-state index contributed by atoms with van der Waals surface area (Å²) < 4.78 is 48.1. The van der Waals surface area contributed by atoms with Crippen molar-refractivity contribution in [3.63, 3.8) is 0 Å². The van der Waals surface area contributed by atoms with Gasteiger partial charge < -0.3 is 4.89 Å². The lowest BCUT2D eigenvalue weighted by molar-refractivity contribution is -0.194. The van der Waals surface area contributed by atoms with Gasteiger partial charge >= 0.3 is 6.18 Å². The Morgan fingerprint density at radius 3 is 2.04 bits per heavy atom. The van der Waals surface area contributed by atoms with Gasteiger partial charge in [-0.1, -0.05) is 0 Å². The van der Waals surface area contributed by atoms with Gasteiger partial charge in [-0.2, -0.15) is 13.2 Å². The number of hydroxylamine groups is 2. The second kappa shape index (κ2) is 8.46. The molecule has 0 radical (unpaired) electrons. The molecule has 2 N–H and O–H groups in total. The van der Waals surface area contributed by atoms with Crippen LogP contribution in [0.25, 0.3) is 0 Å². The first-order valence-electron chi connectivity index (χ1n) is 7.33. The lowest BCUT2D eigenvalue weighted by Gasteiger charge is -2.41. The highest BCUT2D eigenvalue weighted by atomic mass is 31.2. The average Bonchev–Trinajstić information content (AvgIpc) is 2.34. The molecule has 23 heavy (non-hydrogen) atoms. The van der Waals surface area contributed by atoms with Gasteiger partial charge in [-0.25, -0.2) is 5.06 Å². The van der Waals surface area contributed by atoms with Crippen molar-refractivity contribution in [2.24, 2.45) is 0 Å². The summed E-state index contributed by atoms with van der Waals surface area (Å²) in [5.74, 6) is -1.68. The highest BCUT2D eigenvalue weighted by molar-refractivity contribution is 7.57. The fraction of sp³-hybridized carbons (Fsp3) is 0.923. The van der Waals surface area contributed by atoms with E-state index >= 15 is 0 Å². The summed E-state index contributed by atoms with van der Waals surface area (Å²) in [5, 5.41) is 10.3. The molecule has 3 atom stereocenters. The van der Waals surface area contributed by atoms with Crippen molar-refractivity contribution < 1.29 is 32.6 Å². The second-order valence-corrected chi connectivity index (χ2v) is 8.59. The zero-order valence-electron chi connectivity index (χ0n) is 14.0. The number of hydrogen-bond acceptors (Lipinski definition) is 4. The predicted octanol–water partition coefficient (Wildman–Crippen LogP) is 3.24. The van der Waals surface area contributed by atoms with Gasteiger partial charge in [-0.05, 0) is 34.1 Å². The molecule has 3 unspecified atom stereocenters. The van der Waals surface area contributed by atoms with E-state index in [1.54, 1.807) is 13.8 Å². The lowest BCUT2D eigenvalue weighted by atomic mass is 10.2. The quantitative estimate of drug-likeness (QED) is 0.300. The Bertz CT molecular complexity index is 439. The van der Waals surface area contributed by atoms with Gasteiger partial charge in [-0.3, -0.25) is 19.5 Å². The van der Waals surface area contributed by atoms with Gasteiger partial charge in [0, 0.05) is 25.5 Å². The minimum absolute atomic E-state index is 0.266. The van der Waals surface area contributed by atoms with E-state index in [0.29, 0.717) is 5.06 Å². The number of nitrogens with zero attached hydrogens (tertiary/aromatic N) is 2. The maximum Gasteiger partial charge on any atom is 0.389 e. The standard InChI is InChI=1S/C13H26F3N2O4P/c1-9(2)17(11(4)23(5,21)22)10(3)18(20)12(19)7-6-8-13(14,15)16/h9-11,20H,6-8H2,1-5H3,(H,21,22). The second-order valence-electron chi connectivity index (χ2n) is 5.96. The third kappa shape index (κ3) is 7.65. The molecule has 0 spiro atoms. The Labute approximate surface area is 134 Å². The van der Waals surface area contributed by atoms with Crippen LogP contribution in [0.15, 0.2) is 0 Å². The van der Waals surface area contributed by atoms with E-state index < -0.39 is 50.7 Å². The summed E-state index contributed by atoms with van der Waals surface area (Å²) in [5.41, 5.74) is 0. The first kappa shape index (κ1) is 22.4.